The van der Waals surface area contributed by atoms with E-state index in [0.29, 0.717) is 19.4 Å². The number of rotatable bonds is 3. The Labute approximate surface area is 110 Å². The number of hydrogen-bond acceptors (Lipinski definition) is 4. The molecule has 1 amide bonds. The van der Waals surface area contributed by atoms with Crippen molar-refractivity contribution in [3.05, 3.63) is 35.9 Å². The van der Waals surface area contributed by atoms with Crippen LogP contribution in [0.4, 0.5) is 4.79 Å². The SMILES string of the molecule is O=C(O)[C@H]1CCCN(C(=O)OCc2ccccc2)O1. The molecule has 1 aromatic carbocycles. The molecule has 1 saturated heterocycles. The van der Waals surface area contributed by atoms with Gasteiger partial charge in [0.2, 0.25) is 0 Å². The molecule has 0 aromatic heterocycles. The molecule has 1 N–H and O–H groups in total. The van der Waals surface area contributed by atoms with Crippen molar-refractivity contribution >= 4 is 12.1 Å². The monoisotopic (exact) mass is 265 g/mol. The van der Waals surface area contributed by atoms with E-state index in [-0.39, 0.29) is 6.61 Å². The lowest BCUT2D eigenvalue weighted by atomic mass is 10.2. The lowest BCUT2D eigenvalue weighted by Crippen LogP contribution is -2.43. The molecule has 6 heteroatoms. The Morgan fingerprint density at radius 2 is 2.11 bits per heavy atom. The molecule has 102 valence electrons. The number of carboxylic acid groups (broad SMARTS) is 1. The Kier molecular flexibility index (Phi) is 4.35. The number of hydrogen-bond donors (Lipinski definition) is 1. The van der Waals surface area contributed by atoms with Crippen molar-refractivity contribution in [1.82, 2.24) is 5.06 Å². The molecule has 0 radical (unpaired) electrons. The second-order valence-electron chi connectivity index (χ2n) is 4.22. The number of benzene rings is 1. The molecular formula is C13H15NO5. The van der Waals surface area contributed by atoms with Gasteiger partial charge in [-0.15, -0.1) is 0 Å². The van der Waals surface area contributed by atoms with Crippen molar-refractivity contribution in [3.63, 3.8) is 0 Å². The van der Waals surface area contributed by atoms with Crippen molar-refractivity contribution in [2.75, 3.05) is 6.54 Å². The van der Waals surface area contributed by atoms with Crippen LogP contribution in [0.2, 0.25) is 0 Å². The fourth-order valence-electron chi connectivity index (χ4n) is 1.77. The van der Waals surface area contributed by atoms with Crippen LogP contribution in [0.5, 0.6) is 0 Å². The lowest BCUT2D eigenvalue weighted by molar-refractivity contribution is -0.210. The topological polar surface area (TPSA) is 76.1 Å². The number of nitrogens with zero attached hydrogens (tertiary/aromatic N) is 1. The van der Waals surface area contributed by atoms with E-state index in [4.69, 9.17) is 14.7 Å². The summed E-state index contributed by atoms with van der Waals surface area (Å²) in [6.07, 6.45) is -0.650. The highest BCUT2D eigenvalue weighted by atomic mass is 16.7. The van der Waals surface area contributed by atoms with Gasteiger partial charge >= 0.3 is 12.1 Å². The highest BCUT2D eigenvalue weighted by Gasteiger charge is 2.30. The van der Waals surface area contributed by atoms with Gasteiger partial charge in [0, 0.05) is 0 Å². The van der Waals surface area contributed by atoms with E-state index in [9.17, 15) is 9.59 Å². The van der Waals surface area contributed by atoms with E-state index in [0.717, 1.165) is 10.6 Å². The molecule has 1 aliphatic heterocycles. The van der Waals surface area contributed by atoms with Gasteiger partial charge in [0.05, 0.1) is 6.54 Å². The molecule has 1 heterocycles. The molecule has 0 bridgehead atoms. The number of carbonyl (C=O) groups excluding carboxylic acids is 1. The lowest BCUT2D eigenvalue weighted by Gasteiger charge is -2.29. The summed E-state index contributed by atoms with van der Waals surface area (Å²) < 4.78 is 5.06. The van der Waals surface area contributed by atoms with E-state index in [2.05, 4.69) is 0 Å². The van der Waals surface area contributed by atoms with Gasteiger partial charge in [-0.3, -0.25) is 4.84 Å². The Morgan fingerprint density at radius 3 is 2.79 bits per heavy atom. The Balaban J connectivity index is 1.84. The Bertz CT molecular complexity index is 448. The summed E-state index contributed by atoms with van der Waals surface area (Å²) in [5.41, 5.74) is 0.864. The smallest absolute Gasteiger partial charge is 0.434 e. The number of aliphatic carboxylic acids is 1. The number of ether oxygens (including phenoxy) is 1. The molecule has 19 heavy (non-hydrogen) atoms. The number of carboxylic acids is 1. The number of carbonyl (C=O) groups is 2. The third kappa shape index (κ3) is 3.69. The summed E-state index contributed by atoms with van der Waals surface area (Å²) in [5, 5.41) is 9.82. The largest absolute Gasteiger partial charge is 0.479 e. The molecule has 2 rings (SSSR count). The quantitative estimate of drug-likeness (QED) is 0.901. The van der Waals surface area contributed by atoms with Crippen molar-refractivity contribution < 1.29 is 24.3 Å². The Hall–Kier alpha value is -2.08. The van der Waals surface area contributed by atoms with Crippen LogP contribution >= 0.6 is 0 Å². The third-order valence-electron chi connectivity index (χ3n) is 2.77. The van der Waals surface area contributed by atoms with Crippen LogP contribution in [-0.4, -0.2) is 34.9 Å². The second kappa shape index (κ2) is 6.19. The molecular weight excluding hydrogens is 250 g/mol. The summed E-state index contributed by atoms with van der Waals surface area (Å²) in [6.45, 7) is 0.481. The average Bonchev–Trinajstić information content (AvgIpc) is 2.46. The van der Waals surface area contributed by atoms with Gasteiger partial charge in [0.25, 0.3) is 0 Å². The van der Waals surface area contributed by atoms with Gasteiger partial charge in [-0.25, -0.2) is 9.59 Å². The summed E-state index contributed by atoms with van der Waals surface area (Å²) in [5.74, 6) is -1.07. The van der Waals surface area contributed by atoms with E-state index >= 15 is 0 Å². The van der Waals surface area contributed by atoms with Gasteiger partial charge in [0.15, 0.2) is 6.10 Å². The zero-order valence-corrected chi connectivity index (χ0v) is 10.3. The first-order valence-corrected chi connectivity index (χ1v) is 6.04. The molecule has 0 aliphatic carbocycles. The normalized spacial score (nSPS) is 18.9. The van der Waals surface area contributed by atoms with Crippen LogP contribution in [0, 0.1) is 0 Å². The highest BCUT2D eigenvalue weighted by Crippen LogP contribution is 2.15. The molecule has 0 unspecified atom stereocenters. The van der Waals surface area contributed by atoms with Crippen LogP contribution in [0.1, 0.15) is 18.4 Å². The fourth-order valence-corrected chi connectivity index (χ4v) is 1.77. The van der Waals surface area contributed by atoms with E-state index in [1.54, 1.807) is 0 Å². The molecule has 0 spiro atoms. The summed E-state index contributed by atoms with van der Waals surface area (Å²) in [7, 11) is 0. The van der Waals surface area contributed by atoms with Crippen molar-refractivity contribution in [2.45, 2.75) is 25.6 Å². The van der Waals surface area contributed by atoms with Gasteiger partial charge in [-0.05, 0) is 18.4 Å². The predicted octanol–water partition coefficient (Wildman–Crippen LogP) is 1.80. The summed E-state index contributed by atoms with van der Waals surface area (Å²) >= 11 is 0. The van der Waals surface area contributed by atoms with E-state index < -0.39 is 18.2 Å². The molecule has 1 fully saturated rings. The zero-order valence-electron chi connectivity index (χ0n) is 10.3. The predicted molar refractivity (Wildman–Crippen MR) is 65.1 cm³/mol. The molecule has 6 nitrogen and oxygen atoms in total. The molecule has 1 aliphatic rings. The minimum atomic E-state index is -1.07. The maximum absolute atomic E-state index is 11.7. The minimum Gasteiger partial charge on any atom is -0.479 e. The second-order valence-corrected chi connectivity index (χ2v) is 4.22. The summed E-state index contributed by atoms with van der Waals surface area (Å²) in [6, 6.07) is 9.24. The standard InChI is InChI=1S/C13H15NO5/c15-12(16)11-7-4-8-14(19-11)13(17)18-9-10-5-2-1-3-6-10/h1-3,5-6,11H,4,7-9H2,(H,15,16)/t11-/m1/s1. The highest BCUT2D eigenvalue weighted by molar-refractivity contribution is 5.73. The van der Waals surface area contributed by atoms with Crippen molar-refractivity contribution in [2.24, 2.45) is 0 Å². The van der Waals surface area contributed by atoms with Crippen LogP contribution in [-0.2, 0) is 21.0 Å². The van der Waals surface area contributed by atoms with E-state index in [1.165, 1.54) is 0 Å². The summed E-state index contributed by atoms with van der Waals surface area (Å²) in [4.78, 5) is 27.6. The zero-order chi connectivity index (χ0) is 13.7. The molecule has 1 aromatic rings. The van der Waals surface area contributed by atoms with Gasteiger partial charge in [-0.1, -0.05) is 30.3 Å². The maximum Gasteiger partial charge on any atom is 0.434 e. The average molecular weight is 265 g/mol. The first kappa shape index (κ1) is 13.4. The first-order chi connectivity index (χ1) is 9.16. The van der Waals surface area contributed by atoms with Gasteiger partial charge in [-0.2, -0.15) is 5.06 Å². The van der Waals surface area contributed by atoms with Crippen molar-refractivity contribution in [3.8, 4) is 0 Å². The van der Waals surface area contributed by atoms with Crippen molar-refractivity contribution in [1.29, 1.82) is 0 Å². The first-order valence-electron chi connectivity index (χ1n) is 6.04. The number of hydroxylamine groups is 2. The van der Waals surface area contributed by atoms with Crippen LogP contribution < -0.4 is 0 Å². The Morgan fingerprint density at radius 1 is 1.37 bits per heavy atom. The van der Waals surface area contributed by atoms with Gasteiger partial charge < -0.3 is 9.84 Å². The van der Waals surface area contributed by atoms with Crippen LogP contribution in [0.15, 0.2) is 30.3 Å². The van der Waals surface area contributed by atoms with Crippen LogP contribution in [0.25, 0.3) is 0 Å². The molecule has 1 atom stereocenters. The minimum absolute atomic E-state index is 0.136. The molecule has 0 saturated carbocycles. The van der Waals surface area contributed by atoms with E-state index in [1.807, 2.05) is 30.3 Å². The van der Waals surface area contributed by atoms with Crippen LogP contribution in [0.3, 0.4) is 0 Å². The number of amides is 1. The maximum atomic E-state index is 11.7. The fraction of sp³-hybridized carbons (Fsp3) is 0.385. The third-order valence-corrected chi connectivity index (χ3v) is 2.77. The van der Waals surface area contributed by atoms with Gasteiger partial charge in [0.1, 0.15) is 6.61 Å².